The van der Waals surface area contributed by atoms with Crippen molar-refractivity contribution in [3.63, 3.8) is 0 Å². The molecule has 0 spiro atoms. The van der Waals surface area contributed by atoms with Crippen LogP contribution in [0, 0.1) is 5.92 Å². The van der Waals surface area contributed by atoms with Crippen LogP contribution < -0.4 is 0 Å². The molecule has 0 aliphatic carbocycles. The highest BCUT2D eigenvalue weighted by atomic mass is 16.6. The predicted molar refractivity (Wildman–Crippen MR) is 102 cm³/mol. The average Bonchev–Trinajstić information content (AvgIpc) is 3.38. The van der Waals surface area contributed by atoms with E-state index >= 15 is 0 Å². The van der Waals surface area contributed by atoms with E-state index in [0.717, 1.165) is 45.1 Å². The third kappa shape index (κ3) is 15.2. The molecule has 0 bridgehead atoms. The molecule has 1 saturated heterocycles. The van der Waals surface area contributed by atoms with Crippen LogP contribution in [0.1, 0.15) is 103 Å². The van der Waals surface area contributed by atoms with Gasteiger partial charge in [0.15, 0.2) is 0 Å². The summed E-state index contributed by atoms with van der Waals surface area (Å²) in [6, 6.07) is 0. The SMILES string of the molecule is O=C(O)CCCCCCCCCCCCCCC(CC(=O)O)CC1CO1. The second kappa shape index (κ2) is 15.0. The molecule has 0 aromatic carbocycles. The molecule has 5 nitrogen and oxygen atoms in total. The van der Waals surface area contributed by atoms with Gasteiger partial charge < -0.3 is 14.9 Å². The molecule has 0 amide bonds. The summed E-state index contributed by atoms with van der Waals surface area (Å²) in [5.41, 5.74) is 0. The topological polar surface area (TPSA) is 87.1 Å². The summed E-state index contributed by atoms with van der Waals surface area (Å²) in [4.78, 5) is 21.3. The van der Waals surface area contributed by atoms with Crippen LogP contribution >= 0.6 is 0 Å². The number of unbranched alkanes of at least 4 members (excludes halogenated alkanes) is 11. The number of epoxide rings is 1. The van der Waals surface area contributed by atoms with Gasteiger partial charge in [0.2, 0.25) is 0 Å². The van der Waals surface area contributed by atoms with Crippen LogP contribution in [0.5, 0.6) is 0 Å². The number of carboxylic acids is 2. The van der Waals surface area contributed by atoms with Crippen LogP contribution in [0.3, 0.4) is 0 Å². The van der Waals surface area contributed by atoms with Crippen molar-refractivity contribution >= 4 is 11.9 Å². The third-order valence-electron chi connectivity index (χ3n) is 5.21. The summed E-state index contributed by atoms with van der Waals surface area (Å²) in [6.45, 7) is 0.818. The molecule has 5 heteroatoms. The van der Waals surface area contributed by atoms with Gasteiger partial charge in [0.1, 0.15) is 0 Å². The zero-order valence-electron chi connectivity index (χ0n) is 16.3. The Kier molecular flexibility index (Phi) is 13.2. The van der Waals surface area contributed by atoms with E-state index in [9.17, 15) is 9.59 Å². The lowest BCUT2D eigenvalue weighted by Crippen LogP contribution is -2.10. The molecule has 26 heavy (non-hydrogen) atoms. The van der Waals surface area contributed by atoms with Crippen molar-refractivity contribution in [3.8, 4) is 0 Å². The fourth-order valence-corrected chi connectivity index (χ4v) is 3.60. The Morgan fingerprint density at radius 1 is 0.769 bits per heavy atom. The lowest BCUT2D eigenvalue weighted by atomic mass is 9.93. The van der Waals surface area contributed by atoms with Crippen LogP contribution in [0.4, 0.5) is 0 Å². The van der Waals surface area contributed by atoms with Crippen molar-refractivity contribution in [2.24, 2.45) is 5.92 Å². The van der Waals surface area contributed by atoms with Gasteiger partial charge in [-0.05, 0) is 25.2 Å². The number of ether oxygens (including phenoxy) is 1. The number of aliphatic carboxylic acids is 2. The summed E-state index contributed by atoms with van der Waals surface area (Å²) in [7, 11) is 0. The fourth-order valence-electron chi connectivity index (χ4n) is 3.60. The van der Waals surface area contributed by atoms with Crippen molar-refractivity contribution in [2.45, 2.75) is 109 Å². The molecular weight excluding hydrogens is 332 g/mol. The zero-order chi connectivity index (χ0) is 19.0. The van der Waals surface area contributed by atoms with Crippen molar-refractivity contribution in [2.75, 3.05) is 6.61 Å². The molecule has 0 saturated carbocycles. The van der Waals surface area contributed by atoms with Gasteiger partial charge in [0.25, 0.3) is 0 Å². The maximum atomic E-state index is 10.9. The Morgan fingerprint density at radius 3 is 1.65 bits per heavy atom. The maximum absolute atomic E-state index is 10.9. The van der Waals surface area contributed by atoms with E-state index in [0.29, 0.717) is 12.5 Å². The molecule has 1 aliphatic heterocycles. The lowest BCUT2D eigenvalue weighted by molar-refractivity contribution is -0.138. The van der Waals surface area contributed by atoms with E-state index in [1.54, 1.807) is 0 Å². The Hall–Kier alpha value is -1.10. The zero-order valence-corrected chi connectivity index (χ0v) is 16.3. The van der Waals surface area contributed by atoms with Crippen molar-refractivity contribution < 1.29 is 24.5 Å². The van der Waals surface area contributed by atoms with Gasteiger partial charge in [-0.3, -0.25) is 9.59 Å². The van der Waals surface area contributed by atoms with Crippen LogP contribution in [-0.2, 0) is 14.3 Å². The quantitative estimate of drug-likeness (QED) is 0.234. The second-order valence-electron chi connectivity index (χ2n) is 7.83. The molecule has 2 unspecified atom stereocenters. The highest BCUT2D eigenvalue weighted by Crippen LogP contribution is 2.26. The molecule has 1 aliphatic rings. The third-order valence-corrected chi connectivity index (χ3v) is 5.21. The van der Waals surface area contributed by atoms with Crippen molar-refractivity contribution in [1.82, 2.24) is 0 Å². The predicted octanol–water partition coefficient (Wildman–Crippen LogP) is 5.41. The molecular formula is C21H38O5. The van der Waals surface area contributed by atoms with Crippen LogP contribution in [0.25, 0.3) is 0 Å². The standard InChI is InChI=1S/C21H38O5/c22-20(23)14-12-10-8-6-4-2-1-3-5-7-9-11-13-18(16-21(24)25)15-19-17-26-19/h18-19H,1-17H2,(H,22,23)(H,24,25). The molecule has 1 rings (SSSR count). The van der Waals surface area contributed by atoms with Gasteiger partial charge in [-0.15, -0.1) is 0 Å². The normalized spacial score (nSPS) is 17.2. The minimum absolute atomic E-state index is 0.287. The van der Waals surface area contributed by atoms with Crippen molar-refractivity contribution in [3.05, 3.63) is 0 Å². The Labute approximate surface area is 158 Å². The number of carbonyl (C=O) groups is 2. The van der Waals surface area contributed by atoms with Gasteiger partial charge in [-0.25, -0.2) is 0 Å². The summed E-state index contributed by atoms with van der Waals surface area (Å²) in [5.74, 6) is -1.08. The number of rotatable bonds is 19. The van der Waals surface area contributed by atoms with E-state index in [1.165, 1.54) is 51.4 Å². The average molecular weight is 371 g/mol. The smallest absolute Gasteiger partial charge is 0.303 e. The van der Waals surface area contributed by atoms with Gasteiger partial charge >= 0.3 is 11.9 Å². The first-order chi connectivity index (χ1) is 12.6. The lowest BCUT2D eigenvalue weighted by Gasteiger charge is -2.13. The van der Waals surface area contributed by atoms with Gasteiger partial charge in [0, 0.05) is 12.8 Å². The highest BCUT2D eigenvalue weighted by Gasteiger charge is 2.27. The summed E-state index contributed by atoms with van der Waals surface area (Å²) in [5, 5.41) is 17.5. The van der Waals surface area contributed by atoms with Gasteiger partial charge in [-0.2, -0.15) is 0 Å². The van der Waals surface area contributed by atoms with Gasteiger partial charge in [0.05, 0.1) is 12.7 Å². The Morgan fingerprint density at radius 2 is 1.23 bits per heavy atom. The second-order valence-corrected chi connectivity index (χ2v) is 7.83. The monoisotopic (exact) mass is 370 g/mol. The number of hydrogen-bond donors (Lipinski definition) is 2. The first-order valence-electron chi connectivity index (χ1n) is 10.6. The number of carboxylic acid groups (broad SMARTS) is 2. The van der Waals surface area contributed by atoms with Crippen LogP contribution in [0.15, 0.2) is 0 Å². The first kappa shape index (κ1) is 22.9. The molecule has 0 aromatic heterocycles. The molecule has 2 atom stereocenters. The Bertz CT molecular complexity index is 379. The molecule has 1 fully saturated rings. The van der Waals surface area contributed by atoms with E-state index in [2.05, 4.69) is 0 Å². The van der Waals surface area contributed by atoms with E-state index < -0.39 is 11.9 Å². The summed E-state index contributed by atoms with van der Waals surface area (Å²) < 4.78 is 5.23. The van der Waals surface area contributed by atoms with E-state index in [4.69, 9.17) is 14.9 Å². The van der Waals surface area contributed by atoms with Crippen molar-refractivity contribution in [1.29, 1.82) is 0 Å². The summed E-state index contributed by atoms with van der Waals surface area (Å²) in [6.07, 6.45) is 17.2. The molecule has 1 heterocycles. The molecule has 0 radical (unpaired) electrons. The molecule has 0 aromatic rings. The first-order valence-corrected chi connectivity index (χ1v) is 10.6. The maximum Gasteiger partial charge on any atom is 0.303 e. The molecule has 2 N–H and O–H groups in total. The van der Waals surface area contributed by atoms with E-state index in [1.807, 2.05) is 0 Å². The minimum atomic E-state index is -0.683. The largest absolute Gasteiger partial charge is 0.481 e. The number of hydrogen-bond acceptors (Lipinski definition) is 3. The minimum Gasteiger partial charge on any atom is -0.481 e. The van der Waals surface area contributed by atoms with E-state index in [-0.39, 0.29) is 12.3 Å². The van der Waals surface area contributed by atoms with Crippen LogP contribution in [0.2, 0.25) is 0 Å². The van der Waals surface area contributed by atoms with Crippen LogP contribution in [-0.4, -0.2) is 34.9 Å². The van der Waals surface area contributed by atoms with Gasteiger partial charge in [-0.1, -0.05) is 70.6 Å². The fraction of sp³-hybridized carbons (Fsp3) is 0.905. The molecule has 152 valence electrons. The summed E-state index contributed by atoms with van der Waals surface area (Å²) >= 11 is 0. The highest BCUT2D eigenvalue weighted by molar-refractivity contribution is 5.67. The Balaban J connectivity index is 1.81.